The van der Waals surface area contributed by atoms with Crippen LogP contribution in [0.1, 0.15) is 23.7 Å². The van der Waals surface area contributed by atoms with E-state index in [-0.39, 0.29) is 11.5 Å². The molecule has 1 aromatic heterocycles. The maximum Gasteiger partial charge on any atom is 0.257 e. The Hall–Kier alpha value is -1.10. The Morgan fingerprint density at radius 1 is 1.71 bits per heavy atom. The lowest BCUT2D eigenvalue weighted by atomic mass is 10.2. The van der Waals surface area contributed by atoms with Crippen molar-refractivity contribution in [2.24, 2.45) is 0 Å². The SMILES string of the molecule is CCC1CN(C(=O)c2ccncc2F)CCS1. The van der Waals surface area contributed by atoms with Crippen molar-refractivity contribution < 1.29 is 9.18 Å². The van der Waals surface area contributed by atoms with Crippen molar-refractivity contribution in [3.63, 3.8) is 0 Å². The molecule has 0 spiro atoms. The van der Waals surface area contributed by atoms with E-state index < -0.39 is 5.82 Å². The van der Waals surface area contributed by atoms with E-state index in [1.54, 1.807) is 4.90 Å². The lowest BCUT2D eigenvalue weighted by Gasteiger charge is -2.32. The van der Waals surface area contributed by atoms with E-state index in [1.807, 2.05) is 11.8 Å². The van der Waals surface area contributed by atoms with Crippen LogP contribution in [0.2, 0.25) is 0 Å². The summed E-state index contributed by atoms with van der Waals surface area (Å²) in [5.74, 6) is 0.171. The quantitative estimate of drug-likeness (QED) is 0.811. The highest BCUT2D eigenvalue weighted by Gasteiger charge is 2.25. The smallest absolute Gasteiger partial charge is 0.257 e. The van der Waals surface area contributed by atoms with Gasteiger partial charge in [0.25, 0.3) is 5.91 Å². The second-order valence-electron chi connectivity index (χ2n) is 4.01. The van der Waals surface area contributed by atoms with Crippen molar-refractivity contribution in [1.82, 2.24) is 9.88 Å². The van der Waals surface area contributed by atoms with Gasteiger partial charge in [-0.3, -0.25) is 9.78 Å². The first-order valence-electron chi connectivity index (χ1n) is 5.72. The first-order valence-corrected chi connectivity index (χ1v) is 6.77. The minimum absolute atomic E-state index is 0.127. The third-order valence-electron chi connectivity index (χ3n) is 2.88. The molecule has 1 unspecified atom stereocenters. The van der Waals surface area contributed by atoms with Crippen LogP contribution in [0.4, 0.5) is 4.39 Å². The number of aromatic nitrogens is 1. The van der Waals surface area contributed by atoms with E-state index >= 15 is 0 Å². The monoisotopic (exact) mass is 254 g/mol. The first kappa shape index (κ1) is 12.4. The van der Waals surface area contributed by atoms with Gasteiger partial charge >= 0.3 is 0 Å². The standard InChI is InChI=1S/C12H15FN2OS/c1-2-9-8-15(5-6-17-9)12(16)10-3-4-14-7-11(10)13/h3-4,7,9H,2,5-6,8H2,1H3. The van der Waals surface area contributed by atoms with Crippen LogP contribution in [0, 0.1) is 5.82 Å². The van der Waals surface area contributed by atoms with Gasteiger partial charge in [0.05, 0.1) is 11.8 Å². The highest BCUT2D eigenvalue weighted by molar-refractivity contribution is 8.00. The van der Waals surface area contributed by atoms with Crippen molar-refractivity contribution in [1.29, 1.82) is 0 Å². The number of hydrogen-bond acceptors (Lipinski definition) is 3. The van der Waals surface area contributed by atoms with Crippen molar-refractivity contribution >= 4 is 17.7 Å². The van der Waals surface area contributed by atoms with Crippen LogP contribution in [0.25, 0.3) is 0 Å². The number of rotatable bonds is 2. The molecule has 2 heterocycles. The molecule has 1 aliphatic heterocycles. The third kappa shape index (κ3) is 2.77. The number of carbonyl (C=O) groups is 1. The van der Waals surface area contributed by atoms with Crippen LogP contribution in [0.3, 0.4) is 0 Å². The maximum atomic E-state index is 13.5. The zero-order valence-electron chi connectivity index (χ0n) is 9.73. The summed E-state index contributed by atoms with van der Waals surface area (Å²) in [6.07, 6.45) is 3.57. The molecule has 1 aliphatic rings. The molecule has 0 N–H and O–H groups in total. The van der Waals surface area contributed by atoms with Crippen LogP contribution >= 0.6 is 11.8 Å². The molecule has 0 bridgehead atoms. The lowest BCUT2D eigenvalue weighted by Crippen LogP contribution is -2.42. The second kappa shape index (κ2) is 5.49. The van der Waals surface area contributed by atoms with E-state index in [2.05, 4.69) is 11.9 Å². The Morgan fingerprint density at radius 2 is 2.53 bits per heavy atom. The molecule has 3 nitrogen and oxygen atoms in total. The Morgan fingerprint density at radius 3 is 3.24 bits per heavy atom. The summed E-state index contributed by atoms with van der Waals surface area (Å²) < 4.78 is 13.5. The summed E-state index contributed by atoms with van der Waals surface area (Å²) >= 11 is 1.88. The van der Waals surface area contributed by atoms with Gasteiger partial charge in [-0.1, -0.05) is 6.92 Å². The predicted molar refractivity (Wildman–Crippen MR) is 66.6 cm³/mol. The zero-order chi connectivity index (χ0) is 12.3. The number of hydrogen-bond donors (Lipinski definition) is 0. The van der Waals surface area contributed by atoms with Gasteiger partial charge in [0.2, 0.25) is 0 Å². The van der Waals surface area contributed by atoms with E-state index in [9.17, 15) is 9.18 Å². The molecule has 1 fully saturated rings. The molecular formula is C12H15FN2OS. The van der Waals surface area contributed by atoms with Gasteiger partial charge in [-0.05, 0) is 12.5 Å². The van der Waals surface area contributed by atoms with Gasteiger partial charge in [0.1, 0.15) is 0 Å². The number of thioether (sulfide) groups is 1. The number of carbonyl (C=O) groups excluding carboxylic acids is 1. The fourth-order valence-corrected chi connectivity index (χ4v) is 3.05. The highest BCUT2D eigenvalue weighted by atomic mass is 32.2. The van der Waals surface area contributed by atoms with Gasteiger partial charge in [-0.15, -0.1) is 0 Å². The molecule has 17 heavy (non-hydrogen) atoms. The van der Waals surface area contributed by atoms with Gasteiger partial charge < -0.3 is 4.90 Å². The molecule has 0 aliphatic carbocycles. The molecule has 0 saturated carbocycles. The van der Waals surface area contributed by atoms with Crippen LogP contribution in [-0.2, 0) is 0 Å². The van der Waals surface area contributed by atoms with Crippen molar-refractivity contribution in [3.8, 4) is 0 Å². The summed E-state index contributed by atoms with van der Waals surface area (Å²) in [6, 6.07) is 1.44. The molecule has 1 atom stereocenters. The molecule has 1 saturated heterocycles. The summed E-state index contributed by atoms with van der Waals surface area (Å²) in [5.41, 5.74) is 0.127. The fraction of sp³-hybridized carbons (Fsp3) is 0.500. The Bertz CT molecular complexity index is 413. The molecule has 1 aromatic rings. The van der Waals surface area contributed by atoms with E-state index in [1.165, 1.54) is 12.3 Å². The van der Waals surface area contributed by atoms with E-state index in [0.717, 1.165) is 18.4 Å². The van der Waals surface area contributed by atoms with Crippen LogP contribution in [-0.4, -0.2) is 39.9 Å². The lowest BCUT2D eigenvalue weighted by molar-refractivity contribution is 0.0756. The van der Waals surface area contributed by atoms with Crippen LogP contribution in [0.15, 0.2) is 18.5 Å². The van der Waals surface area contributed by atoms with Gasteiger partial charge in [-0.2, -0.15) is 11.8 Å². The highest BCUT2D eigenvalue weighted by Crippen LogP contribution is 2.22. The number of nitrogens with zero attached hydrogens (tertiary/aromatic N) is 2. The average molecular weight is 254 g/mol. The molecule has 1 amide bonds. The normalized spacial score (nSPS) is 20.4. The topological polar surface area (TPSA) is 33.2 Å². The van der Waals surface area contributed by atoms with Crippen LogP contribution in [0.5, 0.6) is 0 Å². The summed E-state index contributed by atoms with van der Waals surface area (Å²) in [4.78, 5) is 17.5. The minimum atomic E-state index is -0.538. The molecular weight excluding hydrogens is 239 g/mol. The Balaban J connectivity index is 2.12. The summed E-state index contributed by atoms with van der Waals surface area (Å²) in [7, 11) is 0. The van der Waals surface area contributed by atoms with Gasteiger partial charge in [-0.25, -0.2) is 4.39 Å². The van der Waals surface area contributed by atoms with Crippen molar-refractivity contribution in [2.45, 2.75) is 18.6 Å². The van der Waals surface area contributed by atoms with Crippen LogP contribution < -0.4 is 0 Å². The fourth-order valence-electron chi connectivity index (χ4n) is 1.87. The zero-order valence-corrected chi connectivity index (χ0v) is 10.5. The minimum Gasteiger partial charge on any atom is -0.337 e. The summed E-state index contributed by atoms with van der Waals surface area (Å²) in [6.45, 7) is 3.52. The second-order valence-corrected chi connectivity index (χ2v) is 5.42. The Kier molecular flexibility index (Phi) is 3.99. The van der Waals surface area contributed by atoms with Crippen molar-refractivity contribution in [3.05, 3.63) is 29.8 Å². The summed E-state index contributed by atoms with van der Waals surface area (Å²) in [5, 5.41) is 0.470. The molecule has 92 valence electrons. The maximum absolute atomic E-state index is 13.5. The van der Waals surface area contributed by atoms with E-state index in [4.69, 9.17) is 0 Å². The molecule has 0 aromatic carbocycles. The van der Waals surface area contributed by atoms with Gasteiger partial charge in [0.15, 0.2) is 5.82 Å². The van der Waals surface area contributed by atoms with E-state index in [0.29, 0.717) is 18.3 Å². The van der Waals surface area contributed by atoms with Crippen molar-refractivity contribution in [2.75, 3.05) is 18.8 Å². The van der Waals surface area contributed by atoms with Gasteiger partial charge in [0, 0.05) is 30.3 Å². The third-order valence-corrected chi connectivity index (χ3v) is 4.26. The molecule has 5 heteroatoms. The number of halogens is 1. The predicted octanol–water partition coefficient (Wildman–Crippen LogP) is 2.19. The number of pyridine rings is 1. The molecule has 2 rings (SSSR count). The average Bonchev–Trinajstić information content (AvgIpc) is 2.38. The molecule has 0 radical (unpaired) electrons. The Labute approximate surface area is 104 Å². The first-order chi connectivity index (χ1) is 8.22. The number of amides is 1. The largest absolute Gasteiger partial charge is 0.337 e.